The summed E-state index contributed by atoms with van der Waals surface area (Å²) in [6.07, 6.45) is 1.54. The molecule has 4 rings (SSSR count). The SMILES string of the molecule is COCn1nncc1SCC1(C(=O)O)CS[C@@H]2C(N(C(C)=O)S(=O)c3cccs3)C(=O)N2C1. The Kier molecular flexibility index (Phi) is 7.14. The monoisotopic (exact) mass is 531 g/mol. The number of carboxylic acids is 1. The van der Waals surface area contributed by atoms with Crippen LogP contribution in [0.2, 0.25) is 0 Å². The number of fused-ring (bicyclic) bond motifs is 1. The van der Waals surface area contributed by atoms with Crippen molar-refractivity contribution >= 4 is 63.6 Å². The van der Waals surface area contributed by atoms with Crippen molar-refractivity contribution < 1.29 is 28.4 Å². The van der Waals surface area contributed by atoms with Crippen molar-refractivity contribution in [3.05, 3.63) is 23.7 Å². The molecule has 0 spiro atoms. The molecule has 0 saturated carbocycles. The second-order valence-electron chi connectivity index (χ2n) is 7.50. The first-order valence-electron chi connectivity index (χ1n) is 9.70. The van der Waals surface area contributed by atoms with Crippen molar-refractivity contribution in [3.8, 4) is 0 Å². The fourth-order valence-electron chi connectivity index (χ4n) is 3.63. The lowest BCUT2D eigenvalue weighted by molar-refractivity contribution is -0.161. The molecule has 1 N–H and O–H groups in total. The van der Waals surface area contributed by atoms with Crippen LogP contribution in [0.4, 0.5) is 0 Å². The summed E-state index contributed by atoms with van der Waals surface area (Å²) in [5.74, 6) is -1.43. The molecule has 2 aromatic rings. The first-order chi connectivity index (χ1) is 15.8. The molecule has 15 heteroatoms. The topological polar surface area (TPSA) is 135 Å². The van der Waals surface area contributed by atoms with Gasteiger partial charge in [-0.1, -0.05) is 11.3 Å². The summed E-state index contributed by atoms with van der Waals surface area (Å²) in [5.41, 5.74) is -1.19. The third-order valence-corrected chi connectivity index (χ3v) is 10.9. The van der Waals surface area contributed by atoms with Crippen LogP contribution in [0.3, 0.4) is 0 Å². The number of ether oxygens (including phenoxy) is 1. The van der Waals surface area contributed by atoms with Crippen LogP contribution in [0, 0.1) is 5.41 Å². The number of nitrogens with zero attached hydrogens (tertiary/aromatic N) is 5. The standard InChI is InChI=1S/C18H21N5O6S4/c1-11(24)23(33(28)13-4-3-5-30-13)14-15(25)21-7-18(17(26)27,9-32-16(14)21)8-31-12-6-19-20-22(12)10-29-2/h3-6,14,16H,7-10H2,1-2H3,(H,26,27)/t14?,16-,18?,33?/m1/s1. The zero-order chi connectivity index (χ0) is 23.8. The number of carbonyl (C=O) groups is 3. The smallest absolute Gasteiger partial charge is 0.313 e. The van der Waals surface area contributed by atoms with Gasteiger partial charge in [0.2, 0.25) is 5.91 Å². The third kappa shape index (κ3) is 4.43. The number of rotatable bonds is 9. The van der Waals surface area contributed by atoms with E-state index in [2.05, 4.69) is 10.3 Å². The Morgan fingerprint density at radius 2 is 2.27 bits per heavy atom. The molecule has 11 nitrogen and oxygen atoms in total. The van der Waals surface area contributed by atoms with Crippen LogP contribution in [0.5, 0.6) is 0 Å². The quantitative estimate of drug-likeness (QED) is 0.368. The van der Waals surface area contributed by atoms with Crippen molar-refractivity contribution in [2.45, 2.75) is 34.3 Å². The fourth-order valence-corrected chi connectivity index (χ4v) is 8.74. The maximum absolute atomic E-state index is 13.0. The summed E-state index contributed by atoms with van der Waals surface area (Å²) >= 11 is 3.83. The van der Waals surface area contributed by atoms with Gasteiger partial charge in [-0.25, -0.2) is 13.2 Å². The Balaban J connectivity index is 1.49. The van der Waals surface area contributed by atoms with E-state index in [1.807, 2.05) is 0 Å². The molecule has 2 saturated heterocycles. The van der Waals surface area contributed by atoms with Crippen molar-refractivity contribution in [1.29, 1.82) is 0 Å². The van der Waals surface area contributed by atoms with Crippen molar-refractivity contribution in [2.75, 3.05) is 25.2 Å². The highest BCUT2D eigenvalue weighted by Crippen LogP contribution is 2.46. The Hall–Kier alpha value is -1.94. The van der Waals surface area contributed by atoms with E-state index >= 15 is 0 Å². The van der Waals surface area contributed by atoms with Gasteiger partial charge in [-0.15, -0.1) is 40.0 Å². The van der Waals surface area contributed by atoms with Gasteiger partial charge in [-0.05, 0) is 11.4 Å². The molecule has 3 unspecified atom stereocenters. The van der Waals surface area contributed by atoms with E-state index in [0.717, 1.165) is 4.31 Å². The summed E-state index contributed by atoms with van der Waals surface area (Å²) in [5, 5.41) is 19.8. The molecule has 0 radical (unpaired) electrons. The zero-order valence-corrected chi connectivity index (χ0v) is 20.9. The van der Waals surface area contributed by atoms with Crippen molar-refractivity contribution in [2.24, 2.45) is 5.41 Å². The molecule has 2 aromatic heterocycles. The van der Waals surface area contributed by atoms with E-state index in [9.17, 15) is 23.7 Å². The van der Waals surface area contributed by atoms with Crippen molar-refractivity contribution in [3.63, 3.8) is 0 Å². The second kappa shape index (κ2) is 9.74. The predicted octanol–water partition coefficient (Wildman–Crippen LogP) is 0.962. The number of aromatic nitrogens is 3. The van der Waals surface area contributed by atoms with Gasteiger partial charge in [0.05, 0.1) is 6.20 Å². The highest BCUT2D eigenvalue weighted by molar-refractivity contribution is 8.00. The number of carbonyl (C=O) groups excluding carboxylic acids is 2. The van der Waals surface area contributed by atoms with Crippen LogP contribution in [-0.2, 0) is 36.8 Å². The number of amides is 2. The molecular formula is C18H21N5O6S4. The molecule has 33 heavy (non-hydrogen) atoms. The molecule has 4 heterocycles. The summed E-state index contributed by atoms with van der Waals surface area (Å²) in [6, 6.07) is 2.50. The summed E-state index contributed by atoms with van der Waals surface area (Å²) in [6.45, 7) is 1.48. The molecule has 0 aliphatic carbocycles. The first kappa shape index (κ1) is 24.2. The minimum atomic E-state index is -1.80. The molecule has 4 atom stereocenters. The van der Waals surface area contributed by atoms with E-state index in [0.29, 0.717) is 9.24 Å². The van der Waals surface area contributed by atoms with Crippen LogP contribution >= 0.6 is 34.9 Å². The number of carboxylic acid groups (broad SMARTS) is 1. The van der Waals surface area contributed by atoms with Gasteiger partial charge < -0.3 is 14.7 Å². The molecule has 0 bridgehead atoms. The Morgan fingerprint density at radius 1 is 1.48 bits per heavy atom. The van der Waals surface area contributed by atoms with E-state index in [1.165, 1.54) is 64.7 Å². The van der Waals surface area contributed by atoms with Gasteiger partial charge in [0.1, 0.15) is 26.8 Å². The van der Waals surface area contributed by atoms with Crippen LogP contribution in [-0.4, -0.2) is 87.9 Å². The predicted molar refractivity (Wildman–Crippen MR) is 123 cm³/mol. The van der Waals surface area contributed by atoms with Crippen molar-refractivity contribution in [1.82, 2.24) is 24.2 Å². The van der Waals surface area contributed by atoms with Gasteiger partial charge in [0.25, 0.3) is 5.91 Å². The Bertz CT molecular complexity index is 1080. The summed E-state index contributed by atoms with van der Waals surface area (Å²) in [7, 11) is -0.276. The summed E-state index contributed by atoms with van der Waals surface area (Å²) in [4.78, 5) is 39.1. The number of β-lactam (4-membered cyclic amide) rings is 1. The van der Waals surface area contributed by atoms with Crippen LogP contribution in [0.15, 0.2) is 32.9 Å². The van der Waals surface area contributed by atoms with Gasteiger partial charge in [-0.2, -0.15) is 0 Å². The second-order valence-corrected chi connectivity index (χ2v) is 12.1. The van der Waals surface area contributed by atoms with Gasteiger partial charge in [0.15, 0.2) is 17.0 Å². The average Bonchev–Trinajstić information content (AvgIpc) is 3.47. The highest BCUT2D eigenvalue weighted by atomic mass is 32.2. The average molecular weight is 532 g/mol. The Morgan fingerprint density at radius 3 is 2.91 bits per heavy atom. The normalized spacial score (nSPS) is 25.3. The van der Waals surface area contributed by atoms with E-state index in [1.54, 1.807) is 17.5 Å². The minimum Gasteiger partial charge on any atom is -0.481 e. The van der Waals surface area contributed by atoms with Crippen LogP contribution < -0.4 is 0 Å². The number of hydrogen-bond acceptors (Lipinski definition) is 10. The van der Waals surface area contributed by atoms with Crippen LogP contribution in [0.25, 0.3) is 0 Å². The van der Waals surface area contributed by atoms with E-state index in [4.69, 9.17) is 4.74 Å². The van der Waals surface area contributed by atoms with Gasteiger partial charge >= 0.3 is 5.97 Å². The molecule has 0 aromatic carbocycles. The molecular weight excluding hydrogens is 510 g/mol. The summed E-state index contributed by atoms with van der Waals surface area (Å²) < 4.78 is 21.2. The lowest BCUT2D eigenvalue weighted by Crippen LogP contribution is -2.74. The van der Waals surface area contributed by atoms with Gasteiger partial charge in [0, 0.05) is 32.1 Å². The minimum absolute atomic E-state index is 0.00551. The lowest BCUT2D eigenvalue weighted by atomic mass is 9.89. The highest BCUT2D eigenvalue weighted by Gasteiger charge is 2.60. The number of thiophene rings is 1. The number of thioether (sulfide) groups is 2. The maximum atomic E-state index is 13.0. The molecule has 2 aliphatic rings. The largest absolute Gasteiger partial charge is 0.481 e. The number of methoxy groups -OCH3 is 1. The molecule has 178 valence electrons. The number of hydrogen-bond donors (Lipinski definition) is 1. The Labute approximate surface area is 204 Å². The lowest BCUT2D eigenvalue weighted by Gasteiger charge is -2.55. The van der Waals surface area contributed by atoms with E-state index < -0.39 is 45.6 Å². The molecule has 2 fully saturated rings. The van der Waals surface area contributed by atoms with Gasteiger partial charge in [-0.3, -0.25) is 14.4 Å². The van der Waals surface area contributed by atoms with Crippen LogP contribution in [0.1, 0.15) is 6.92 Å². The maximum Gasteiger partial charge on any atom is 0.313 e. The number of aliphatic carboxylic acids is 1. The fraction of sp³-hybridized carbons (Fsp3) is 0.500. The third-order valence-electron chi connectivity index (χ3n) is 5.31. The molecule has 2 amide bonds. The zero-order valence-electron chi connectivity index (χ0n) is 17.7. The first-order valence-corrected chi connectivity index (χ1v) is 13.7. The van der Waals surface area contributed by atoms with E-state index in [-0.39, 0.29) is 24.8 Å². The molecule has 2 aliphatic heterocycles.